The maximum atomic E-state index is 5.64. The van der Waals surface area contributed by atoms with E-state index in [-0.39, 0.29) is 6.04 Å². The summed E-state index contributed by atoms with van der Waals surface area (Å²) >= 11 is 0. The summed E-state index contributed by atoms with van der Waals surface area (Å²) in [5, 5.41) is 0. The predicted molar refractivity (Wildman–Crippen MR) is 47.9 cm³/mol. The molecule has 3 heteroatoms. The van der Waals surface area contributed by atoms with Crippen molar-refractivity contribution in [1.29, 1.82) is 0 Å². The van der Waals surface area contributed by atoms with Crippen molar-refractivity contribution in [3.05, 3.63) is 23.8 Å². The van der Waals surface area contributed by atoms with E-state index in [1.165, 1.54) is 0 Å². The van der Waals surface area contributed by atoms with Gasteiger partial charge in [0.25, 0.3) is 0 Å². The van der Waals surface area contributed by atoms with Crippen LogP contribution in [0.25, 0.3) is 0 Å². The highest BCUT2D eigenvalue weighted by atomic mass is 14.6. The Morgan fingerprint density at radius 1 is 1.09 bits per heavy atom. The van der Waals surface area contributed by atoms with Gasteiger partial charge in [0.1, 0.15) is 0 Å². The third-order valence-electron chi connectivity index (χ3n) is 1.53. The molecule has 0 unspecified atom stereocenters. The lowest BCUT2D eigenvalue weighted by Crippen LogP contribution is -2.06. The molecular weight excluding hydrogens is 138 g/mol. The SMILES string of the molecule is C[C@@H](N)c1cc(N)cc(N)c1. The number of rotatable bonds is 1. The van der Waals surface area contributed by atoms with Gasteiger partial charge in [-0.1, -0.05) is 0 Å². The molecule has 0 aliphatic carbocycles. The summed E-state index contributed by atoms with van der Waals surface area (Å²) in [5.74, 6) is 0. The molecule has 0 saturated carbocycles. The summed E-state index contributed by atoms with van der Waals surface area (Å²) in [6.45, 7) is 1.90. The number of hydrogen-bond acceptors (Lipinski definition) is 3. The summed E-state index contributed by atoms with van der Waals surface area (Å²) in [6, 6.07) is 5.37. The molecule has 0 bridgehead atoms. The summed E-state index contributed by atoms with van der Waals surface area (Å²) in [6.07, 6.45) is 0. The zero-order valence-corrected chi connectivity index (χ0v) is 6.54. The van der Waals surface area contributed by atoms with Gasteiger partial charge >= 0.3 is 0 Å². The van der Waals surface area contributed by atoms with Gasteiger partial charge in [-0.3, -0.25) is 0 Å². The van der Waals surface area contributed by atoms with Crippen LogP contribution in [0.5, 0.6) is 0 Å². The van der Waals surface area contributed by atoms with Crippen LogP contribution < -0.4 is 17.2 Å². The van der Waals surface area contributed by atoms with E-state index in [4.69, 9.17) is 17.2 Å². The van der Waals surface area contributed by atoms with E-state index in [0.717, 1.165) is 5.56 Å². The highest BCUT2D eigenvalue weighted by Crippen LogP contribution is 2.17. The van der Waals surface area contributed by atoms with E-state index in [0.29, 0.717) is 11.4 Å². The van der Waals surface area contributed by atoms with Crippen LogP contribution in [0, 0.1) is 0 Å². The summed E-state index contributed by atoms with van der Waals surface area (Å²) in [7, 11) is 0. The number of nitrogens with two attached hydrogens (primary N) is 3. The quantitative estimate of drug-likeness (QED) is 0.521. The van der Waals surface area contributed by atoms with Gasteiger partial charge in [-0.05, 0) is 30.7 Å². The molecule has 11 heavy (non-hydrogen) atoms. The smallest absolute Gasteiger partial charge is 0.0338 e. The monoisotopic (exact) mass is 151 g/mol. The normalized spacial score (nSPS) is 12.9. The lowest BCUT2D eigenvalue weighted by molar-refractivity contribution is 0.819. The minimum Gasteiger partial charge on any atom is -0.399 e. The molecule has 0 heterocycles. The third kappa shape index (κ3) is 1.85. The van der Waals surface area contributed by atoms with Crippen LogP contribution >= 0.6 is 0 Å². The molecule has 60 valence electrons. The average Bonchev–Trinajstić information content (AvgIpc) is 1.85. The van der Waals surface area contributed by atoms with Crippen LogP contribution in [0.4, 0.5) is 11.4 Å². The van der Waals surface area contributed by atoms with Gasteiger partial charge in [0.15, 0.2) is 0 Å². The Morgan fingerprint density at radius 3 is 1.91 bits per heavy atom. The third-order valence-corrected chi connectivity index (χ3v) is 1.53. The maximum absolute atomic E-state index is 5.64. The van der Waals surface area contributed by atoms with Gasteiger partial charge in [0.05, 0.1) is 0 Å². The van der Waals surface area contributed by atoms with Crippen molar-refractivity contribution in [2.24, 2.45) is 5.73 Å². The molecule has 6 N–H and O–H groups in total. The van der Waals surface area contributed by atoms with Crippen molar-refractivity contribution in [3.63, 3.8) is 0 Å². The van der Waals surface area contributed by atoms with E-state index >= 15 is 0 Å². The van der Waals surface area contributed by atoms with Crippen LogP contribution in [0.2, 0.25) is 0 Å². The van der Waals surface area contributed by atoms with Crippen LogP contribution in [0.3, 0.4) is 0 Å². The van der Waals surface area contributed by atoms with Crippen molar-refractivity contribution in [2.45, 2.75) is 13.0 Å². The predicted octanol–water partition coefficient (Wildman–Crippen LogP) is 0.871. The van der Waals surface area contributed by atoms with Gasteiger partial charge < -0.3 is 17.2 Å². The first kappa shape index (κ1) is 7.88. The first-order chi connectivity index (χ1) is 5.09. The Bertz CT molecular complexity index is 235. The standard InChI is InChI=1S/C8H13N3/c1-5(9)6-2-7(10)4-8(11)3-6/h2-5H,9-11H2,1H3/t5-/m1/s1. The molecule has 0 amide bonds. The zero-order valence-electron chi connectivity index (χ0n) is 6.54. The molecule has 0 aliphatic heterocycles. The lowest BCUT2D eigenvalue weighted by atomic mass is 10.1. The Balaban J connectivity index is 3.08. The molecular formula is C8H13N3. The number of hydrogen-bond donors (Lipinski definition) is 3. The average molecular weight is 151 g/mol. The topological polar surface area (TPSA) is 78.1 Å². The van der Waals surface area contributed by atoms with E-state index in [1.54, 1.807) is 6.07 Å². The summed E-state index contributed by atoms with van der Waals surface area (Å²) in [4.78, 5) is 0. The van der Waals surface area contributed by atoms with E-state index < -0.39 is 0 Å². The fourth-order valence-electron chi connectivity index (χ4n) is 0.965. The highest BCUT2D eigenvalue weighted by Gasteiger charge is 2.00. The zero-order chi connectivity index (χ0) is 8.43. The summed E-state index contributed by atoms with van der Waals surface area (Å²) in [5.41, 5.74) is 19.1. The molecule has 1 atom stereocenters. The van der Waals surface area contributed by atoms with Crippen molar-refractivity contribution < 1.29 is 0 Å². The second-order valence-electron chi connectivity index (χ2n) is 2.72. The molecule has 1 aromatic rings. The minimum atomic E-state index is -0.0131. The highest BCUT2D eigenvalue weighted by molar-refractivity contribution is 5.54. The molecule has 0 fully saturated rings. The van der Waals surface area contributed by atoms with Crippen LogP contribution in [-0.4, -0.2) is 0 Å². The second-order valence-corrected chi connectivity index (χ2v) is 2.72. The Kier molecular flexibility index (Phi) is 2.01. The fourth-order valence-corrected chi connectivity index (χ4v) is 0.965. The maximum Gasteiger partial charge on any atom is 0.0338 e. The molecule has 3 nitrogen and oxygen atoms in total. The molecule has 0 spiro atoms. The largest absolute Gasteiger partial charge is 0.399 e. The van der Waals surface area contributed by atoms with Crippen molar-refractivity contribution in [3.8, 4) is 0 Å². The molecule has 1 aromatic carbocycles. The molecule has 0 saturated heterocycles. The number of anilines is 2. The Morgan fingerprint density at radius 2 is 1.55 bits per heavy atom. The number of benzene rings is 1. The van der Waals surface area contributed by atoms with Crippen LogP contribution in [0.1, 0.15) is 18.5 Å². The number of nitrogen functional groups attached to an aromatic ring is 2. The van der Waals surface area contributed by atoms with Gasteiger partial charge in [-0.2, -0.15) is 0 Å². The van der Waals surface area contributed by atoms with Crippen molar-refractivity contribution >= 4 is 11.4 Å². The van der Waals surface area contributed by atoms with Gasteiger partial charge in [0.2, 0.25) is 0 Å². The Labute approximate surface area is 66.2 Å². The molecule has 1 rings (SSSR count). The van der Waals surface area contributed by atoms with Crippen LogP contribution in [-0.2, 0) is 0 Å². The fraction of sp³-hybridized carbons (Fsp3) is 0.250. The first-order valence-corrected chi connectivity index (χ1v) is 3.51. The van der Waals surface area contributed by atoms with E-state index in [2.05, 4.69) is 0 Å². The van der Waals surface area contributed by atoms with Gasteiger partial charge in [-0.25, -0.2) is 0 Å². The second kappa shape index (κ2) is 2.80. The van der Waals surface area contributed by atoms with E-state index in [1.807, 2.05) is 19.1 Å². The van der Waals surface area contributed by atoms with Crippen molar-refractivity contribution in [2.75, 3.05) is 11.5 Å². The lowest BCUT2D eigenvalue weighted by Gasteiger charge is -2.07. The molecule has 0 aliphatic rings. The van der Waals surface area contributed by atoms with E-state index in [9.17, 15) is 0 Å². The summed E-state index contributed by atoms with van der Waals surface area (Å²) < 4.78 is 0. The molecule has 0 aromatic heterocycles. The Hall–Kier alpha value is -1.22. The first-order valence-electron chi connectivity index (χ1n) is 3.51. The minimum absolute atomic E-state index is 0.0131. The van der Waals surface area contributed by atoms with Gasteiger partial charge in [0, 0.05) is 17.4 Å². The van der Waals surface area contributed by atoms with Crippen molar-refractivity contribution in [1.82, 2.24) is 0 Å². The van der Waals surface area contributed by atoms with Crippen LogP contribution in [0.15, 0.2) is 18.2 Å². The van der Waals surface area contributed by atoms with Gasteiger partial charge in [-0.15, -0.1) is 0 Å². The molecule has 0 radical (unpaired) electrons.